The van der Waals surface area contributed by atoms with Crippen LogP contribution in [-0.2, 0) is 4.79 Å². The molecule has 4 aromatic rings. The molecule has 3 aromatic carbocycles. The van der Waals surface area contributed by atoms with Gasteiger partial charge in [-0.25, -0.2) is 4.79 Å². The maximum absolute atomic E-state index is 12.7. The lowest BCUT2D eigenvalue weighted by atomic mass is 10.2. The number of fused-ring (bicyclic) bond motifs is 1. The van der Waals surface area contributed by atoms with E-state index in [1.54, 1.807) is 30.3 Å². The first-order valence-corrected chi connectivity index (χ1v) is 10.4. The van der Waals surface area contributed by atoms with Gasteiger partial charge in [0, 0.05) is 17.3 Å². The molecule has 176 valence electrons. The number of aromatic amines is 1. The average molecular weight is 473 g/mol. The van der Waals surface area contributed by atoms with E-state index in [1.165, 1.54) is 24.3 Å². The van der Waals surface area contributed by atoms with E-state index in [0.717, 1.165) is 11.8 Å². The van der Waals surface area contributed by atoms with Gasteiger partial charge in [0.05, 0.1) is 22.0 Å². The highest BCUT2D eigenvalue weighted by Crippen LogP contribution is 2.30. The van der Waals surface area contributed by atoms with Crippen molar-refractivity contribution in [2.75, 3.05) is 11.9 Å². The standard InChI is InChI=1S/C24H19N5O6/c1-15-9-11-17(12-10-15)26-21(30)14-35-22-16(5-4-8-20(22)29(33)34)13-25-28-23(31)18-6-2-3-7-19(18)27-24(28)32/h2-13H,14H2,1H3,(H,26,30)(H,27,32). The Labute approximate surface area is 197 Å². The van der Waals surface area contributed by atoms with Gasteiger partial charge in [-0.1, -0.05) is 35.9 Å². The van der Waals surface area contributed by atoms with Crippen molar-refractivity contribution >= 4 is 34.4 Å². The molecule has 0 radical (unpaired) electrons. The van der Waals surface area contributed by atoms with E-state index in [0.29, 0.717) is 15.9 Å². The van der Waals surface area contributed by atoms with E-state index in [4.69, 9.17) is 4.74 Å². The third-order valence-electron chi connectivity index (χ3n) is 5.00. The average Bonchev–Trinajstić information content (AvgIpc) is 2.84. The van der Waals surface area contributed by atoms with Crippen LogP contribution in [0.15, 0.2) is 81.4 Å². The number of nitro benzene ring substituents is 1. The minimum atomic E-state index is -0.782. The Hall–Kier alpha value is -5.06. The molecule has 1 aromatic heterocycles. The van der Waals surface area contributed by atoms with Crippen LogP contribution in [-0.4, -0.2) is 33.3 Å². The molecule has 0 saturated heterocycles. The number of ether oxygens (including phenoxy) is 1. The monoisotopic (exact) mass is 473 g/mol. The Morgan fingerprint density at radius 1 is 1.11 bits per heavy atom. The van der Waals surface area contributed by atoms with Crippen molar-refractivity contribution in [2.45, 2.75) is 6.92 Å². The number of aryl methyl sites for hydroxylation is 1. The summed E-state index contributed by atoms with van der Waals surface area (Å²) in [5.41, 5.74) is 0.170. The zero-order chi connectivity index (χ0) is 24.9. The van der Waals surface area contributed by atoms with Crippen molar-refractivity contribution in [2.24, 2.45) is 5.10 Å². The number of carbonyl (C=O) groups excluding carboxylic acids is 1. The van der Waals surface area contributed by atoms with Crippen LogP contribution in [0.5, 0.6) is 5.75 Å². The summed E-state index contributed by atoms with van der Waals surface area (Å²) in [6.45, 7) is 1.39. The smallest absolute Gasteiger partial charge is 0.349 e. The Morgan fingerprint density at radius 2 is 1.86 bits per heavy atom. The van der Waals surface area contributed by atoms with Gasteiger partial charge >= 0.3 is 11.4 Å². The summed E-state index contributed by atoms with van der Waals surface area (Å²) in [5, 5.41) is 18.3. The normalized spacial score (nSPS) is 11.0. The second kappa shape index (κ2) is 9.83. The summed E-state index contributed by atoms with van der Waals surface area (Å²) < 4.78 is 6.09. The molecular weight excluding hydrogens is 454 g/mol. The first-order chi connectivity index (χ1) is 16.8. The van der Waals surface area contributed by atoms with E-state index in [9.17, 15) is 24.5 Å². The molecule has 4 rings (SSSR count). The summed E-state index contributed by atoms with van der Waals surface area (Å²) in [4.78, 5) is 50.8. The van der Waals surface area contributed by atoms with Crippen LogP contribution >= 0.6 is 0 Å². The van der Waals surface area contributed by atoms with Gasteiger partial charge in [0.2, 0.25) is 5.75 Å². The number of anilines is 1. The number of benzene rings is 3. The van der Waals surface area contributed by atoms with E-state index >= 15 is 0 Å². The van der Waals surface area contributed by atoms with Crippen LogP contribution in [0.25, 0.3) is 10.9 Å². The van der Waals surface area contributed by atoms with Crippen molar-refractivity contribution in [3.05, 3.63) is 109 Å². The van der Waals surface area contributed by atoms with E-state index < -0.39 is 34.4 Å². The molecule has 0 bridgehead atoms. The molecule has 0 fully saturated rings. The fraction of sp³-hybridized carbons (Fsp3) is 0.0833. The van der Waals surface area contributed by atoms with Crippen molar-refractivity contribution in [1.82, 2.24) is 9.66 Å². The van der Waals surface area contributed by atoms with Gasteiger partial charge in [0.15, 0.2) is 6.61 Å². The number of hydrogen-bond donors (Lipinski definition) is 2. The molecule has 1 heterocycles. The number of hydrogen-bond acceptors (Lipinski definition) is 7. The number of nitro groups is 1. The highest BCUT2D eigenvalue weighted by atomic mass is 16.6. The van der Waals surface area contributed by atoms with Gasteiger partial charge in [0.1, 0.15) is 0 Å². The van der Waals surface area contributed by atoms with Gasteiger partial charge in [-0.3, -0.25) is 19.7 Å². The number of para-hydroxylation sites is 2. The topological polar surface area (TPSA) is 149 Å². The maximum Gasteiger partial charge on any atom is 0.349 e. The minimum absolute atomic E-state index is 0.0989. The third-order valence-corrected chi connectivity index (χ3v) is 5.00. The molecule has 0 aliphatic carbocycles. The zero-order valence-electron chi connectivity index (χ0n) is 18.4. The molecule has 1 amide bonds. The summed E-state index contributed by atoms with van der Waals surface area (Å²) >= 11 is 0. The molecule has 0 spiro atoms. The Morgan fingerprint density at radius 3 is 2.60 bits per heavy atom. The zero-order valence-corrected chi connectivity index (χ0v) is 18.4. The largest absolute Gasteiger partial charge is 0.476 e. The lowest BCUT2D eigenvalue weighted by molar-refractivity contribution is -0.385. The lowest BCUT2D eigenvalue weighted by Gasteiger charge is -2.10. The van der Waals surface area contributed by atoms with Crippen molar-refractivity contribution in [3.8, 4) is 5.75 Å². The number of nitrogens with one attached hydrogen (secondary N) is 2. The summed E-state index contributed by atoms with van der Waals surface area (Å²) in [7, 11) is 0. The number of amides is 1. The van der Waals surface area contributed by atoms with Crippen LogP contribution < -0.4 is 21.3 Å². The van der Waals surface area contributed by atoms with Crippen LogP contribution in [0, 0.1) is 17.0 Å². The van der Waals surface area contributed by atoms with Crippen LogP contribution in [0.1, 0.15) is 11.1 Å². The predicted octanol–water partition coefficient (Wildman–Crippen LogP) is 2.81. The van der Waals surface area contributed by atoms with Gasteiger partial charge in [-0.15, -0.1) is 4.68 Å². The number of aromatic nitrogens is 2. The second-order valence-electron chi connectivity index (χ2n) is 7.49. The van der Waals surface area contributed by atoms with Gasteiger partial charge in [-0.05, 0) is 37.3 Å². The number of nitrogens with zero attached hydrogens (tertiary/aromatic N) is 3. The van der Waals surface area contributed by atoms with E-state index in [2.05, 4.69) is 15.4 Å². The van der Waals surface area contributed by atoms with Crippen molar-refractivity contribution < 1.29 is 14.5 Å². The summed E-state index contributed by atoms with van der Waals surface area (Å²) in [6, 6.07) is 17.6. The first-order valence-electron chi connectivity index (χ1n) is 10.4. The molecule has 11 nitrogen and oxygen atoms in total. The quantitative estimate of drug-likeness (QED) is 0.239. The molecule has 0 aliphatic rings. The third kappa shape index (κ3) is 5.14. The highest BCUT2D eigenvalue weighted by molar-refractivity contribution is 5.92. The summed E-state index contributed by atoms with van der Waals surface area (Å²) in [6.07, 6.45) is 1.09. The minimum Gasteiger partial charge on any atom is -0.476 e. The number of H-pyrrole nitrogens is 1. The second-order valence-corrected chi connectivity index (χ2v) is 7.49. The molecule has 0 aliphatic heterocycles. The molecule has 11 heteroatoms. The fourth-order valence-corrected chi connectivity index (χ4v) is 3.29. The first kappa shape index (κ1) is 23.1. The fourth-order valence-electron chi connectivity index (χ4n) is 3.29. The molecular formula is C24H19N5O6. The van der Waals surface area contributed by atoms with Gasteiger partial charge < -0.3 is 15.0 Å². The van der Waals surface area contributed by atoms with Gasteiger partial charge in [-0.2, -0.15) is 5.10 Å². The molecule has 2 N–H and O–H groups in total. The maximum atomic E-state index is 12.7. The Bertz CT molecular complexity index is 1570. The number of rotatable bonds is 7. The Kier molecular flexibility index (Phi) is 6.49. The van der Waals surface area contributed by atoms with Crippen LogP contribution in [0.2, 0.25) is 0 Å². The molecule has 35 heavy (non-hydrogen) atoms. The van der Waals surface area contributed by atoms with Crippen LogP contribution in [0.3, 0.4) is 0 Å². The number of carbonyl (C=O) groups is 1. The molecule has 0 saturated carbocycles. The highest BCUT2D eigenvalue weighted by Gasteiger charge is 2.20. The van der Waals surface area contributed by atoms with Crippen molar-refractivity contribution in [3.63, 3.8) is 0 Å². The molecule has 0 unspecified atom stereocenters. The van der Waals surface area contributed by atoms with E-state index in [1.807, 2.05) is 19.1 Å². The lowest BCUT2D eigenvalue weighted by Crippen LogP contribution is -2.32. The SMILES string of the molecule is Cc1ccc(NC(=O)COc2c(C=Nn3c(=O)[nH]c4ccccc4c3=O)cccc2[N+](=O)[O-])cc1. The van der Waals surface area contributed by atoms with Crippen molar-refractivity contribution in [1.29, 1.82) is 0 Å². The van der Waals surface area contributed by atoms with Gasteiger partial charge in [0.25, 0.3) is 11.5 Å². The van der Waals surface area contributed by atoms with E-state index in [-0.39, 0.29) is 16.7 Å². The summed E-state index contributed by atoms with van der Waals surface area (Å²) in [5.74, 6) is -0.761. The molecule has 0 atom stereocenters. The predicted molar refractivity (Wildman–Crippen MR) is 130 cm³/mol. The van der Waals surface area contributed by atoms with Crippen LogP contribution in [0.4, 0.5) is 11.4 Å². The Balaban J connectivity index is 1.63.